The number of hydrogen-bond acceptors (Lipinski definition) is 3. The molecule has 0 fully saturated rings. The summed E-state index contributed by atoms with van der Waals surface area (Å²) in [6, 6.07) is 13.3. The Bertz CT molecular complexity index is 702. The van der Waals surface area contributed by atoms with Crippen molar-refractivity contribution in [1.29, 1.82) is 0 Å². The van der Waals surface area contributed by atoms with Gasteiger partial charge in [-0.3, -0.25) is 4.79 Å². The lowest BCUT2D eigenvalue weighted by molar-refractivity contribution is -0.115. The first-order valence-electron chi connectivity index (χ1n) is 7.97. The predicted octanol–water partition coefficient (Wildman–Crippen LogP) is 4.91. The number of carbonyl (C=O) groups is 1. The van der Waals surface area contributed by atoms with Crippen molar-refractivity contribution in [3.63, 3.8) is 0 Å². The van der Waals surface area contributed by atoms with E-state index in [0.29, 0.717) is 29.7 Å². The fourth-order valence-electron chi connectivity index (χ4n) is 2.42. The number of rotatable bonds is 7. The number of methoxy groups -OCH3 is 1. The molecule has 0 aliphatic heterocycles. The lowest BCUT2D eigenvalue weighted by Crippen LogP contribution is -2.17. The summed E-state index contributed by atoms with van der Waals surface area (Å²) < 4.78 is 5.12. The van der Waals surface area contributed by atoms with Crippen LogP contribution in [0.25, 0.3) is 0 Å². The number of nitrogens with one attached hydrogen (secondary N) is 2. The molecule has 0 unspecified atom stereocenters. The second kappa shape index (κ2) is 8.60. The van der Waals surface area contributed by atoms with E-state index in [1.165, 1.54) is 0 Å². The highest BCUT2D eigenvalue weighted by Crippen LogP contribution is 2.27. The van der Waals surface area contributed by atoms with Gasteiger partial charge in [0.1, 0.15) is 5.75 Å². The Morgan fingerprint density at radius 1 is 1.21 bits per heavy atom. The summed E-state index contributed by atoms with van der Waals surface area (Å²) in [5, 5.41) is 6.71. The summed E-state index contributed by atoms with van der Waals surface area (Å²) in [6.07, 6.45) is 0.371. The highest BCUT2D eigenvalue weighted by molar-refractivity contribution is 6.32. The molecule has 24 heavy (non-hydrogen) atoms. The molecule has 0 bridgehead atoms. The van der Waals surface area contributed by atoms with Gasteiger partial charge >= 0.3 is 0 Å². The summed E-state index contributed by atoms with van der Waals surface area (Å²) in [5.41, 5.74) is 2.88. The first kappa shape index (κ1) is 18.1. The van der Waals surface area contributed by atoms with Crippen LogP contribution in [0.3, 0.4) is 0 Å². The van der Waals surface area contributed by atoms with Gasteiger partial charge in [-0.15, -0.1) is 0 Å². The molecular weight excluding hydrogens is 324 g/mol. The van der Waals surface area contributed by atoms with Gasteiger partial charge in [-0.1, -0.05) is 43.6 Å². The SMILES string of the molecule is COc1ccc(NCCC(=O)Nc2ccccc2C(C)C)cc1Cl. The van der Waals surface area contributed by atoms with E-state index >= 15 is 0 Å². The number of benzene rings is 2. The maximum absolute atomic E-state index is 12.1. The van der Waals surface area contributed by atoms with Crippen LogP contribution in [-0.2, 0) is 4.79 Å². The minimum absolute atomic E-state index is 0.0183. The van der Waals surface area contributed by atoms with E-state index < -0.39 is 0 Å². The van der Waals surface area contributed by atoms with Gasteiger partial charge in [0, 0.05) is 24.3 Å². The minimum Gasteiger partial charge on any atom is -0.495 e. The molecule has 0 aromatic heterocycles. The average molecular weight is 347 g/mol. The molecule has 2 aromatic rings. The summed E-state index contributed by atoms with van der Waals surface area (Å²) in [5.74, 6) is 0.974. The molecule has 0 saturated heterocycles. The number of halogens is 1. The van der Waals surface area contributed by atoms with Crippen LogP contribution >= 0.6 is 11.6 Å². The molecule has 4 nitrogen and oxygen atoms in total. The zero-order valence-corrected chi connectivity index (χ0v) is 15.0. The van der Waals surface area contributed by atoms with E-state index in [4.69, 9.17) is 16.3 Å². The molecule has 2 rings (SSSR count). The molecule has 0 heterocycles. The van der Waals surface area contributed by atoms with E-state index in [9.17, 15) is 4.79 Å². The lowest BCUT2D eigenvalue weighted by Gasteiger charge is -2.14. The largest absolute Gasteiger partial charge is 0.495 e. The first-order chi connectivity index (χ1) is 11.5. The Morgan fingerprint density at radius 2 is 1.96 bits per heavy atom. The second-order valence-corrected chi connectivity index (χ2v) is 6.22. The van der Waals surface area contributed by atoms with Crippen molar-refractivity contribution in [3.8, 4) is 5.75 Å². The zero-order chi connectivity index (χ0) is 17.5. The fraction of sp³-hybridized carbons (Fsp3) is 0.316. The second-order valence-electron chi connectivity index (χ2n) is 5.82. The summed E-state index contributed by atoms with van der Waals surface area (Å²) in [7, 11) is 1.58. The highest BCUT2D eigenvalue weighted by Gasteiger charge is 2.09. The smallest absolute Gasteiger partial charge is 0.226 e. The van der Waals surface area contributed by atoms with Crippen molar-refractivity contribution in [3.05, 3.63) is 53.1 Å². The summed E-state index contributed by atoms with van der Waals surface area (Å²) in [6.45, 7) is 4.75. The number of hydrogen-bond donors (Lipinski definition) is 2. The Labute approximate surface area is 148 Å². The normalized spacial score (nSPS) is 10.5. The molecule has 2 aromatic carbocycles. The molecule has 0 atom stereocenters. The van der Waals surface area contributed by atoms with Gasteiger partial charge in [0.2, 0.25) is 5.91 Å². The quantitative estimate of drug-likeness (QED) is 0.748. The molecule has 2 N–H and O–H groups in total. The van der Waals surface area contributed by atoms with Crippen molar-refractivity contribution in [2.24, 2.45) is 0 Å². The zero-order valence-electron chi connectivity index (χ0n) is 14.2. The van der Waals surface area contributed by atoms with E-state index in [2.05, 4.69) is 24.5 Å². The van der Waals surface area contributed by atoms with Crippen LogP contribution in [0.2, 0.25) is 5.02 Å². The molecule has 0 aliphatic rings. The number of para-hydroxylation sites is 1. The Morgan fingerprint density at radius 3 is 2.62 bits per heavy atom. The van der Waals surface area contributed by atoms with Crippen molar-refractivity contribution in [1.82, 2.24) is 0 Å². The van der Waals surface area contributed by atoms with Crippen molar-refractivity contribution in [2.75, 3.05) is 24.3 Å². The summed E-state index contributed by atoms with van der Waals surface area (Å²) >= 11 is 6.08. The maximum Gasteiger partial charge on any atom is 0.226 e. The van der Waals surface area contributed by atoms with Gasteiger partial charge in [0.25, 0.3) is 0 Å². The standard InChI is InChI=1S/C19H23ClN2O2/c1-13(2)15-6-4-5-7-17(15)22-19(23)10-11-21-14-8-9-18(24-3)16(20)12-14/h4-9,12-13,21H,10-11H2,1-3H3,(H,22,23). The van der Waals surface area contributed by atoms with Crippen molar-refractivity contribution in [2.45, 2.75) is 26.2 Å². The van der Waals surface area contributed by atoms with E-state index in [0.717, 1.165) is 16.9 Å². The highest BCUT2D eigenvalue weighted by atomic mass is 35.5. The van der Waals surface area contributed by atoms with Crippen molar-refractivity contribution < 1.29 is 9.53 Å². The van der Waals surface area contributed by atoms with Gasteiger partial charge in [0.05, 0.1) is 12.1 Å². The van der Waals surface area contributed by atoms with Gasteiger partial charge < -0.3 is 15.4 Å². The third-order valence-corrected chi connectivity index (χ3v) is 3.99. The van der Waals surface area contributed by atoms with Gasteiger partial charge in [-0.25, -0.2) is 0 Å². The molecular formula is C19H23ClN2O2. The maximum atomic E-state index is 12.1. The number of carbonyl (C=O) groups excluding carboxylic acids is 1. The molecule has 0 radical (unpaired) electrons. The Balaban J connectivity index is 1.87. The number of anilines is 2. The molecule has 5 heteroatoms. The first-order valence-corrected chi connectivity index (χ1v) is 8.35. The van der Waals surface area contributed by atoms with Crippen LogP contribution in [0.1, 0.15) is 31.7 Å². The number of amides is 1. The topological polar surface area (TPSA) is 50.4 Å². The Kier molecular flexibility index (Phi) is 6.50. The van der Waals surface area contributed by atoms with Crippen LogP contribution in [0.15, 0.2) is 42.5 Å². The summed E-state index contributed by atoms with van der Waals surface area (Å²) in [4.78, 5) is 12.1. The van der Waals surface area contributed by atoms with Crippen LogP contribution < -0.4 is 15.4 Å². The third-order valence-electron chi connectivity index (χ3n) is 3.69. The third kappa shape index (κ3) is 4.90. The van der Waals surface area contributed by atoms with E-state index in [1.807, 2.05) is 30.3 Å². The van der Waals surface area contributed by atoms with Crippen LogP contribution in [-0.4, -0.2) is 19.6 Å². The van der Waals surface area contributed by atoms with E-state index in [-0.39, 0.29) is 5.91 Å². The van der Waals surface area contributed by atoms with E-state index in [1.54, 1.807) is 19.2 Å². The minimum atomic E-state index is -0.0183. The lowest BCUT2D eigenvalue weighted by atomic mass is 10.0. The van der Waals surface area contributed by atoms with Gasteiger partial charge in [0.15, 0.2) is 0 Å². The predicted molar refractivity (Wildman–Crippen MR) is 100 cm³/mol. The van der Waals surface area contributed by atoms with Crippen LogP contribution in [0.4, 0.5) is 11.4 Å². The van der Waals surface area contributed by atoms with Gasteiger partial charge in [-0.05, 0) is 35.7 Å². The van der Waals surface area contributed by atoms with Gasteiger partial charge in [-0.2, -0.15) is 0 Å². The molecule has 128 valence electrons. The molecule has 0 spiro atoms. The van der Waals surface area contributed by atoms with Crippen LogP contribution in [0.5, 0.6) is 5.75 Å². The molecule has 1 amide bonds. The monoisotopic (exact) mass is 346 g/mol. The molecule has 0 saturated carbocycles. The Hall–Kier alpha value is -2.20. The fourth-order valence-corrected chi connectivity index (χ4v) is 2.68. The van der Waals surface area contributed by atoms with Crippen LogP contribution in [0, 0.1) is 0 Å². The molecule has 0 aliphatic carbocycles. The number of ether oxygens (including phenoxy) is 1. The van der Waals surface area contributed by atoms with Crippen molar-refractivity contribution >= 4 is 28.9 Å². The average Bonchev–Trinajstić information content (AvgIpc) is 2.55.